The molecule has 0 radical (unpaired) electrons. The molecule has 100 valence electrons. The van der Waals surface area contributed by atoms with Crippen LogP contribution >= 0.6 is 0 Å². The van der Waals surface area contributed by atoms with Gasteiger partial charge in [0, 0.05) is 17.4 Å². The molecule has 3 N–H and O–H groups in total. The summed E-state index contributed by atoms with van der Waals surface area (Å²) in [5.41, 5.74) is 9.27. The van der Waals surface area contributed by atoms with Crippen LogP contribution in [0.4, 0.5) is 11.4 Å². The summed E-state index contributed by atoms with van der Waals surface area (Å²) in [5, 5.41) is 3.73. The third-order valence-corrected chi connectivity index (χ3v) is 4.38. The molecule has 2 heteroatoms. The van der Waals surface area contributed by atoms with Crippen LogP contribution in [-0.4, -0.2) is 6.04 Å². The third kappa shape index (κ3) is 2.98. The van der Waals surface area contributed by atoms with Gasteiger partial charge in [0.2, 0.25) is 0 Å². The van der Waals surface area contributed by atoms with Gasteiger partial charge < -0.3 is 11.1 Å². The Balaban J connectivity index is 2.07. The fourth-order valence-corrected chi connectivity index (χ4v) is 3.10. The summed E-state index contributed by atoms with van der Waals surface area (Å²) in [7, 11) is 0. The Bertz CT molecular complexity index is 381. The molecule has 1 aliphatic rings. The number of benzene rings is 1. The molecular weight excluding hydrogens is 220 g/mol. The van der Waals surface area contributed by atoms with E-state index in [1.54, 1.807) is 0 Å². The minimum absolute atomic E-state index is 0.603. The average molecular weight is 246 g/mol. The van der Waals surface area contributed by atoms with Gasteiger partial charge in [-0.1, -0.05) is 32.3 Å². The summed E-state index contributed by atoms with van der Waals surface area (Å²) in [6, 6.07) is 6.77. The van der Waals surface area contributed by atoms with E-state index in [1.807, 2.05) is 12.1 Å². The summed E-state index contributed by atoms with van der Waals surface area (Å²) in [6.45, 7) is 4.39. The predicted molar refractivity (Wildman–Crippen MR) is 79.9 cm³/mol. The van der Waals surface area contributed by atoms with E-state index in [0.717, 1.165) is 11.6 Å². The van der Waals surface area contributed by atoms with E-state index in [4.69, 9.17) is 5.73 Å². The Hall–Kier alpha value is -1.18. The zero-order valence-corrected chi connectivity index (χ0v) is 11.7. The number of hydrogen-bond acceptors (Lipinski definition) is 2. The normalized spacial score (nSPS) is 18.6. The summed E-state index contributed by atoms with van der Waals surface area (Å²) in [5.74, 6) is 0.838. The van der Waals surface area contributed by atoms with Crippen molar-refractivity contribution in [3.05, 3.63) is 23.8 Å². The third-order valence-electron chi connectivity index (χ3n) is 4.38. The topological polar surface area (TPSA) is 38.0 Å². The molecule has 0 amide bonds. The quantitative estimate of drug-likeness (QED) is 0.775. The SMILES string of the molecule is CCC(Nc1cccc(N)c1C)C1CCCCC1. The van der Waals surface area contributed by atoms with Crippen molar-refractivity contribution >= 4 is 11.4 Å². The summed E-state index contributed by atoms with van der Waals surface area (Å²) < 4.78 is 0. The lowest BCUT2D eigenvalue weighted by Gasteiger charge is -2.31. The number of nitrogens with one attached hydrogen (secondary N) is 1. The molecule has 0 saturated heterocycles. The number of nitrogen functional groups attached to an aromatic ring is 1. The van der Waals surface area contributed by atoms with Gasteiger partial charge in [-0.3, -0.25) is 0 Å². The predicted octanol–water partition coefficient (Wildman–Crippen LogP) is 4.35. The molecule has 18 heavy (non-hydrogen) atoms. The maximum absolute atomic E-state index is 5.98. The zero-order valence-electron chi connectivity index (χ0n) is 11.7. The van der Waals surface area contributed by atoms with Crippen LogP contribution in [-0.2, 0) is 0 Å². The van der Waals surface area contributed by atoms with Crippen LogP contribution in [0.2, 0.25) is 0 Å². The first kappa shape index (κ1) is 13.3. The highest BCUT2D eigenvalue weighted by Gasteiger charge is 2.22. The van der Waals surface area contributed by atoms with Gasteiger partial charge in [-0.25, -0.2) is 0 Å². The van der Waals surface area contributed by atoms with Crippen LogP contribution in [0.3, 0.4) is 0 Å². The minimum Gasteiger partial charge on any atom is -0.398 e. The van der Waals surface area contributed by atoms with Gasteiger partial charge in [0.05, 0.1) is 0 Å². The standard InChI is InChI=1S/C16H26N2/c1-3-15(13-8-5-4-6-9-13)18-16-11-7-10-14(17)12(16)2/h7,10-11,13,15,18H,3-6,8-9,17H2,1-2H3. The van der Waals surface area contributed by atoms with E-state index >= 15 is 0 Å². The van der Waals surface area contributed by atoms with Crippen LogP contribution in [0.15, 0.2) is 18.2 Å². The summed E-state index contributed by atoms with van der Waals surface area (Å²) in [6.07, 6.45) is 8.18. The Morgan fingerprint density at radius 2 is 2.00 bits per heavy atom. The average Bonchev–Trinajstić information content (AvgIpc) is 2.41. The highest BCUT2D eigenvalue weighted by molar-refractivity contribution is 5.63. The van der Waals surface area contributed by atoms with Gasteiger partial charge in [0.1, 0.15) is 0 Å². The van der Waals surface area contributed by atoms with Crippen LogP contribution in [0.25, 0.3) is 0 Å². The second-order valence-corrected chi connectivity index (χ2v) is 5.58. The number of anilines is 2. The van der Waals surface area contributed by atoms with Crippen molar-refractivity contribution < 1.29 is 0 Å². The summed E-state index contributed by atoms with van der Waals surface area (Å²) in [4.78, 5) is 0. The van der Waals surface area contributed by atoms with Crippen LogP contribution in [0.5, 0.6) is 0 Å². The molecule has 2 nitrogen and oxygen atoms in total. The van der Waals surface area contributed by atoms with Crippen LogP contribution in [0.1, 0.15) is 51.0 Å². The fraction of sp³-hybridized carbons (Fsp3) is 0.625. The lowest BCUT2D eigenvalue weighted by Crippen LogP contribution is -2.30. The molecule has 1 aromatic carbocycles. The number of rotatable bonds is 4. The Morgan fingerprint density at radius 3 is 2.67 bits per heavy atom. The molecule has 1 aliphatic carbocycles. The largest absolute Gasteiger partial charge is 0.398 e. The van der Waals surface area contributed by atoms with Gasteiger partial charge in [0.25, 0.3) is 0 Å². The van der Waals surface area contributed by atoms with Gasteiger partial charge in [0.15, 0.2) is 0 Å². The maximum Gasteiger partial charge on any atom is 0.0392 e. The minimum atomic E-state index is 0.603. The maximum atomic E-state index is 5.98. The molecule has 1 atom stereocenters. The first-order valence-electron chi connectivity index (χ1n) is 7.34. The molecule has 0 heterocycles. The van der Waals surface area contributed by atoms with Gasteiger partial charge in [-0.05, 0) is 49.8 Å². The van der Waals surface area contributed by atoms with Crippen molar-refractivity contribution in [3.8, 4) is 0 Å². The monoisotopic (exact) mass is 246 g/mol. The fourth-order valence-electron chi connectivity index (χ4n) is 3.10. The smallest absolute Gasteiger partial charge is 0.0392 e. The number of nitrogens with two attached hydrogens (primary N) is 1. The van der Waals surface area contributed by atoms with Crippen molar-refractivity contribution in [1.82, 2.24) is 0 Å². The van der Waals surface area contributed by atoms with E-state index in [0.29, 0.717) is 6.04 Å². The lowest BCUT2D eigenvalue weighted by atomic mass is 9.82. The molecular formula is C16H26N2. The van der Waals surface area contributed by atoms with Crippen LogP contribution in [0, 0.1) is 12.8 Å². The van der Waals surface area contributed by atoms with Crippen LogP contribution < -0.4 is 11.1 Å². The molecule has 1 fully saturated rings. The van der Waals surface area contributed by atoms with Crippen molar-refractivity contribution in [3.63, 3.8) is 0 Å². The highest BCUT2D eigenvalue weighted by Crippen LogP contribution is 2.31. The second kappa shape index (κ2) is 6.12. The molecule has 0 spiro atoms. The molecule has 0 aromatic heterocycles. The Kier molecular flexibility index (Phi) is 4.51. The zero-order chi connectivity index (χ0) is 13.0. The molecule has 1 unspecified atom stereocenters. The first-order valence-corrected chi connectivity index (χ1v) is 7.34. The van der Waals surface area contributed by atoms with Gasteiger partial charge in [-0.2, -0.15) is 0 Å². The van der Waals surface area contributed by atoms with Crippen molar-refractivity contribution in [2.45, 2.75) is 58.4 Å². The number of hydrogen-bond donors (Lipinski definition) is 2. The highest BCUT2D eigenvalue weighted by atomic mass is 14.9. The Labute approximate surface area is 111 Å². The van der Waals surface area contributed by atoms with Crippen molar-refractivity contribution in [1.29, 1.82) is 0 Å². The van der Waals surface area contributed by atoms with E-state index in [-0.39, 0.29) is 0 Å². The van der Waals surface area contributed by atoms with E-state index in [9.17, 15) is 0 Å². The van der Waals surface area contributed by atoms with Crippen molar-refractivity contribution in [2.24, 2.45) is 5.92 Å². The Morgan fingerprint density at radius 1 is 1.28 bits per heavy atom. The van der Waals surface area contributed by atoms with E-state index in [2.05, 4.69) is 25.2 Å². The molecule has 1 aromatic rings. The summed E-state index contributed by atoms with van der Waals surface area (Å²) >= 11 is 0. The first-order chi connectivity index (χ1) is 8.72. The molecule has 0 aliphatic heterocycles. The second-order valence-electron chi connectivity index (χ2n) is 5.58. The molecule has 0 bridgehead atoms. The van der Waals surface area contributed by atoms with E-state index in [1.165, 1.54) is 49.8 Å². The molecule has 2 rings (SSSR count). The van der Waals surface area contributed by atoms with E-state index < -0.39 is 0 Å². The van der Waals surface area contributed by atoms with Crippen molar-refractivity contribution in [2.75, 3.05) is 11.1 Å². The van der Waals surface area contributed by atoms with Gasteiger partial charge in [-0.15, -0.1) is 0 Å². The molecule has 1 saturated carbocycles. The van der Waals surface area contributed by atoms with Gasteiger partial charge >= 0.3 is 0 Å². The lowest BCUT2D eigenvalue weighted by molar-refractivity contribution is 0.313.